The number of carbonyl (C=O) groups excluding carboxylic acids is 1. The number of carboxylic acid groups (broad SMARTS) is 1. The Labute approximate surface area is 122 Å². The van der Waals surface area contributed by atoms with E-state index < -0.39 is 5.97 Å². The van der Waals surface area contributed by atoms with E-state index >= 15 is 0 Å². The molecular formula is C13H20N2O4S. The maximum absolute atomic E-state index is 11.7. The monoisotopic (exact) mass is 300 g/mol. The van der Waals surface area contributed by atoms with Gasteiger partial charge in [-0.2, -0.15) is 11.8 Å². The Bertz CT molecular complexity index is 473. The first kappa shape index (κ1) is 16.4. The molecule has 0 aliphatic rings. The van der Waals surface area contributed by atoms with Gasteiger partial charge in [0.2, 0.25) is 0 Å². The lowest BCUT2D eigenvalue weighted by atomic mass is 10.2. The van der Waals surface area contributed by atoms with E-state index in [2.05, 4.69) is 10.6 Å². The van der Waals surface area contributed by atoms with Gasteiger partial charge in [0, 0.05) is 11.8 Å². The maximum Gasteiger partial charge on any atom is 0.339 e. The Morgan fingerprint density at radius 3 is 2.70 bits per heavy atom. The third-order valence-corrected chi connectivity index (χ3v) is 3.55. The SMILES string of the molecule is CCC(CSC)NC(=O)NCc1cc(C(=O)O)c(C)o1. The summed E-state index contributed by atoms with van der Waals surface area (Å²) in [6.45, 7) is 3.75. The molecule has 20 heavy (non-hydrogen) atoms. The van der Waals surface area contributed by atoms with Crippen LogP contribution >= 0.6 is 11.8 Å². The molecular weight excluding hydrogens is 280 g/mol. The summed E-state index contributed by atoms with van der Waals surface area (Å²) in [5, 5.41) is 14.4. The number of aryl methyl sites for hydroxylation is 1. The first-order valence-electron chi connectivity index (χ1n) is 6.33. The molecule has 0 spiro atoms. The van der Waals surface area contributed by atoms with E-state index in [1.54, 1.807) is 18.7 Å². The average Bonchev–Trinajstić information content (AvgIpc) is 2.77. The van der Waals surface area contributed by atoms with Gasteiger partial charge in [-0.05, 0) is 25.7 Å². The second-order valence-corrected chi connectivity index (χ2v) is 5.29. The third kappa shape index (κ3) is 4.80. The van der Waals surface area contributed by atoms with Crippen LogP contribution in [-0.2, 0) is 6.54 Å². The molecule has 0 saturated heterocycles. The van der Waals surface area contributed by atoms with E-state index in [4.69, 9.17) is 9.52 Å². The van der Waals surface area contributed by atoms with Crippen LogP contribution in [0.15, 0.2) is 10.5 Å². The minimum absolute atomic E-state index is 0.121. The number of aromatic carboxylic acids is 1. The zero-order chi connectivity index (χ0) is 15.1. The van der Waals surface area contributed by atoms with Crippen LogP contribution in [-0.4, -0.2) is 35.2 Å². The molecule has 0 bridgehead atoms. The minimum Gasteiger partial charge on any atom is -0.478 e. The van der Waals surface area contributed by atoms with Gasteiger partial charge in [0.15, 0.2) is 0 Å². The summed E-state index contributed by atoms with van der Waals surface area (Å²) >= 11 is 1.67. The quantitative estimate of drug-likeness (QED) is 0.718. The van der Waals surface area contributed by atoms with E-state index in [9.17, 15) is 9.59 Å². The second-order valence-electron chi connectivity index (χ2n) is 4.38. The lowest BCUT2D eigenvalue weighted by Gasteiger charge is -2.15. The molecule has 0 radical (unpaired) electrons. The largest absolute Gasteiger partial charge is 0.478 e. The number of thioether (sulfide) groups is 1. The Morgan fingerprint density at radius 2 is 2.20 bits per heavy atom. The molecule has 0 aromatic carbocycles. The maximum atomic E-state index is 11.7. The van der Waals surface area contributed by atoms with Crippen molar-refractivity contribution < 1.29 is 19.1 Å². The van der Waals surface area contributed by atoms with Crippen LogP contribution in [0.1, 0.15) is 35.2 Å². The Hall–Kier alpha value is -1.63. The third-order valence-electron chi connectivity index (χ3n) is 2.82. The van der Waals surface area contributed by atoms with Crippen LogP contribution in [0.4, 0.5) is 4.79 Å². The number of furan rings is 1. The van der Waals surface area contributed by atoms with Crippen molar-refractivity contribution in [2.75, 3.05) is 12.0 Å². The molecule has 1 unspecified atom stereocenters. The van der Waals surface area contributed by atoms with E-state index in [1.165, 1.54) is 6.07 Å². The van der Waals surface area contributed by atoms with E-state index in [1.807, 2.05) is 13.2 Å². The van der Waals surface area contributed by atoms with E-state index in [-0.39, 0.29) is 24.2 Å². The molecule has 1 atom stereocenters. The van der Waals surface area contributed by atoms with Gasteiger partial charge in [0.25, 0.3) is 0 Å². The summed E-state index contributed by atoms with van der Waals surface area (Å²) in [6, 6.07) is 1.27. The van der Waals surface area contributed by atoms with E-state index in [0.717, 1.165) is 12.2 Å². The number of hydrogen-bond acceptors (Lipinski definition) is 4. The number of urea groups is 1. The molecule has 0 saturated carbocycles. The average molecular weight is 300 g/mol. The van der Waals surface area contributed by atoms with Gasteiger partial charge >= 0.3 is 12.0 Å². The van der Waals surface area contributed by atoms with Crippen molar-refractivity contribution in [3.8, 4) is 0 Å². The van der Waals surface area contributed by atoms with Crippen LogP contribution in [0.25, 0.3) is 0 Å². The first-order valence-corrected chi connectivity index (χ1v) is 7.73. The number of nitrogens with one attached hydrogen (secondary N) is 2. The predicted molar refractivity (Wildman–Crippen MR) is 78.2 cm³/mol. The van der Waals surface area contributed by atoms with Gasteiger partial charge in [-0.15, -0.1) is 0 Å². The Morgan fingerprint density at radius 1 is 1.50 bits per heavy atom. The van der Waals surface area contributed by atoms with Crippen LogP contribution in [0.5, 0.6) is 0 Å². The highest BCUT2D eigenvalue weighted by molar-refractivity contribution is 7.98. The molecule has 0 fully saturated rings. The molecule has 0 aliphatic carbocycles. The molecule has 3 N–H and O–H groups in total. The van der Waals surface area contributed by atoms with Crippen molar-refractivity contribution in [3.05, 3.63) is 23.2 Å². The van der Waals surface area contributed by atoms with Crippen LogP contribution in [0.2, 0.25) is 0 Å². The number of hydrogen-bond donors (Lipinski definition) is 3. The molecule has 0 aliphatic heterocycles. The number of rotatable bonds is 7. The molecule has 7 heteroatoms. The fourth-order valence-corrected chi connectivity index (χ4v) is 2.43. The Kier molecular flexibility index (Phi) is 6.44. The molecule has 1 rings (SSSR count). The highest BCUT2D eigenvalue weighted by atomic mass is 32.2. The molecule has 112 valence electrons. The van der Waals surface area contributed by atoms with Crippen molar-refractivity contribution in [3.63, 3.8) is 0 Å². The summed E-state index contributed by atoms with van der Waals surface area (Å²) in [4.78, 5) is 22.6. The standard InChI is InChI=1S/C13H20N2O4S/c1-4-9(7-20-3)15-13(18)14-6-10-5-11(12(16)17)8(2)19-10/h5,9H,4,6-7H2,1-3H3,(H,16,17)(H2,14,15,18). The van der Waals surface area contributed by atoms with Crippen LogP contribution in [0, 0.1) is 6.92 Å². The second kappa shape index (κ2) is 7.84. The number of carboxylic acids is 1. The highest BCUT2D eigenvalue weighted by Crippen LogP contribution is 2.14. The van der Waals surface area contributed by atoms with Crippen molar-refractivity contribution in [2.45, 2.75) is 32.9 Å². The van der Waals surface area contributed by atoms with Crippen molar-refractivity contribution in [1.29, 1.82) is 0 Å². The van der Waals surface area contributed by atoms with Crippen molar-refractivity contribution in [2.24, 2.45) is 0 Å². The lowest BCUT2D eigenvalue weighted by molar-refractivity contribution is 0.0695. The van der Waals surface area contributed by atoms with Gasteiger partial charge in [0.1, 0.15) is 17.1 Å². The molecule has 2 amide bonds. The smallest absolute Gasteiger partial charge is 0.339 e. The van der Waals surface area contributed by atoms with Crippen molar-refractivity contribution in [1.82, 2.24) is 10.6 Å². The zero-order valence-electron chi connectivity index (χ0n) is 11.9. The summed E-state index contributed by atoms with van der Waals surface area (Å²) in [5.41, 5.74) is 0.121. The molecule has 1 heterocycles. The van der Waals surface area contributed by atoms with Gasteiger partial charge < -0.3 is 20.2 Å². The summed E-state index contributed by atoms with van der Waals surface area (Å²) < 4.78 is 5.28. The normalized spacial score (nSPS) is 11.9. The van der Waals surface area contributed by atoms with Crippen molar-refractivity contribution >= 4 is 23.8 Å². The summed E-state index contributed by atoms with van der Waals surface area (Å²) in [5.74, 6) is 0.580. The van der Waals surface area contributed by atoms with E-state index in [0.29, 0.717) is 11.5 Å². The number of carbonyl (C=O) groups is 2. The fourth-order valence-electron chi connectivity index (χ4n) is 1.71. The summed E-state index contributed by atoms with van der Waals surface area (Å²) in [6.07, 6.45) is 2.85. The van der Waals surface area contributed by atoms with Gasteiger partial charge in [-0.3, -0.25) is 0 Å². The molecule has 1 aromatic heterocycles. The van der Waals surface area contributed by atoms with Gasteiger partial charge in [0.05, 0.1) is 6.54 Å². The van der Waals surface area contributed by atoms with Crippen LogP contribution < -0.4 is 10.6 Å². The minimum atomic E-state index is -1.03. The van der Waals surface area contributed by atoms with Gasteiger partial charge in [-0.1, -0.05) is 6.92 Å². The highest BCUT2D eigenvalue weighted by Gasteiger charge is 2.14. The fraction of sp³-hybridized carbons (Fsp3) is 0.538. The molecule has 6 nitrogen and oxygen atoms in total. The zero-order valence-corrected chi connectivity index (χ0v) is 12.7. The molecule has 1 aromatic rings. The number of amides is 2. The lowest BCUT2D eigenvalue weighted by Crippen LogP contribution is -2.42. The predicted octanol–water partition coefficient (Wildman–Crippen LogP) is 2.23. The topological polar surface area (TPSA) is 91.6 Å². The van der Waals surface area contributed by atoms with Crippen LogP contribution in [0.3, 0.4) is 0 Å². The summed E-state index contributed by atoms with van der Waals surface area (Å²) in [7, 11) is 0. The Balaban J connectivity index is 2.48. The first-order chi connectivity index (χ1) is 9.47. The van der Waals surface area contributed by atoms with Gasteiger partial charge in [-0.25, -0.2) is 9.59 Å².